The maximum absolute atomic E-state index is 13.7. The molecule has 0 bridgehead atoms. The van der Waals surface area contributed by atoms with Crippen molar-refractivity contribution < 1.29 is 14.4 Å². The number of carbonyl (C=O) groups is 3. The summed E-state index contributed by atoms with van der Waals surface area (Å²) < 4.78 is 0. The standard InChI is InChI=1S/C21H24N4O3S/c1-12(2)11-24-18(27)15-7-5-6-8-16(15)25-17(26)9-10-21(24,25)19(28)23-20-22-13(3)14(4)29-20/h5-8,12H,9-11H2,1-4H3,(H,22,23,28)/t21-/m1/s1. The molecular weight excluding hydrogens is 388 g/mol. The van der Waals surface area contributed by atoms with Gasteiger partial charge in [-0.1, -0.05) is 26.0 Å². The Morgan fingerprint density at radius 1 is 1.28 bits per heavy atom. The SMILES string of the molecule is Cc1nc(NC(=O)[C@@]23CCC(=O)N2c2ccccc2C(=O)N3CC(C)C)sc1C. The monoisotopic (exact) mass is 412 g/mol. The molecule has 0 saturated carbocycles. The summed E-state index contributed by atoms with van der Waals surface area (Å²) in [5, 5.41) is 3.37. The summed E-state index contributed by atoms with van der Waals surface area (Å²) in [5.41, 5.74) is 0.431. The van der Waals surface area contributed by atoms with Crippen LogP contribution in [0.5, 0.6) is 0 Å². The third-order valence-corrected chi connectivity index (χ3v) is 6.52. The van der Waals surface area contributed by atoms with E-state index in [9.17, 15) is 14.4 Å². The van der Waals surface area contributed by atoms with Gasteiger partial charge in [0.25, 0.3) is 11.8 Å². The molecule has 0 unspecified atom stereocenters. The highest BCUT2D eigenvalue weighted by Gasteiger charge is 2.60. The van der Waals surface area contributed by atoms with Gasteiger partial charge in [-0.3, -0.25) is 24.6 Å². The van der Waals surface area contributed by atoms with Crippen LogP contribution in [0.3, 0.4) is 0 Å². The molecule has 4 rings (SSSR count). The number of aromatic nitrogens is 1. The molecule has 152 valence electrons. The van der Waals surface area contributed by atoms with E-state index in [1.54, 1.807) is 29.2 Å². The van der Waals surface area contributed by atoms with Crippen LogP contribution in [0.1, 0.15) is 47.6 Å². The van der Waals surface area contributed by atoms with E-state index in [-0.39, 0.29) is 36.5 Å². The van der Waals surface area contributed by atoms with Gasteiger partial charge in [0.2, 0.25) is 11.6 Å². The van der Waals surface area contributed by atoms with Crippen molar-refractivity contribution in [2.75, 3.05) is 16.8 Å². The zero-order valence-corrected chi connectivity index (χ0v) is 17.8. The molecule has 0 spiro atoms. The Kier molecular flexibility index (Phi) is 4.69. The van der Waals surface area contributed by atoms with Crippen molar-refractivity contribution in [1.82, 2.24) is 9.88 Å². The van der Waals surface area contributed by atoms with Gasteiger partial charge in [0, 0.05) is 24.3 Å². The van der Waals surface area contributed by atoms with Gasteiger partial charge < -0.3 is 4.90 Å². The maximum atomic E-state index is 13.7. The van der Waals surface area contributed by atoms with Gasteiger partial charge in [0.1, 0.15) is 0 Å². The van der Waals surface area contributed by atoms with Crippen LogP contribution in [0, 0.1) is 19.8 Å². The van der Waals surface area contributed by atoms with Crippen molar-refractivity contribution in [2.45, 2.75) is 46.2 Å². The molecule has 1 saturated heterocycles. The smallest absolute Gasteiger partial charge is 0.273 e. The van der Waals surface area contributed by atoms with Crippen LogP contribution in [0.15, 0.2) is 24.3 Å². The van der Waals surface area contributed by atoms with Gasteiger partial charge in [0.15, 0.2) is 5.13 Å². The van der Waals surface area contributed by atoms with Crippen molar-refractivity contribution in [3.63, 3.8) is 0 Å². The number of hydrogen-bond donors (Lipinski definition) is 1. The molecule has 0 radical (unpaired) electrons. The highest BCUT2D eigenvalue weighted by Crippen LogP contribution is 2.45. The Morgan fingerprint density at radius 2 is 2.00 bits per heavy atom. The Morgan fingerprint density at radius 3 is 2.66 bits per heavy atom. The van der Waals surface area contributed by atoms with Crippen molar-refractivity contribution in [3.8, 4) is 0 Å². The fourth-order valence-corrected chi connectivity index (χ4v) is 4.93. The lowest BCUT2D eigenvalue weighted by Gasteiger charge is -2.49. The molecule has 8 heteroatoms. The number of carbonyl (C=O) groups excluding carboxylic acids is 3. The Labute approximate surface area is 173 Å². The first-order valence-electron chi connectivity index (χ1n) is 9.75. The summed E-state index contributed by atoms with van der Waals surface area (Å²) in [6.07, 6.45) is 0.466. The summed E-state index contributed by atoms with van der Waals surface area (Å²) in [5.74, 6) is -0.626. The molecule has 1 aromatic carbocycles. The number of nitrogens with zero attached hydrogens (tertiary/aromatic N) is 3. The second kappa shape index (κ2) is 6.95. The van der Waals surface area contributed by atoms with Crippen LogP contribution in [-0.2, 0) is 9.59 Å². The molecule has 1 N–H and O–H groups in total. The Bertz CT molecular complexity index is 996. The van der Waals surface area contributed by atoms with E-state index in [0.29, 0.717) is 22.9 Å². The molecule has 1 fully saturated rings. The van der Waals surface area contributed by atoms with E-state index >= 15 is 0 Å². The minimum Gasteiger partial charge on any atom is -0.307 e. The largest absolute Gasteiger partial charge is 0.307 e. The topological polar surface area (TPSA) is 82.6 Å². The Hall–Kier alpha value is -2.74. The normalized spacial score (nSPS) is 20.9. The average molecular weight is 413 g/mol. The zero-order valence-electron chi connectivity index (χ0n) is 17.0. The molecule has 3 amide bonds. The second-order valence-electron chi connectivity index (χ2n) is 7.99. The first-order valence-corrected chi connectivity index (χ1v) is 10.6. The molecular formula is C21H24N4O3S. The van der Waals surface area contributed by atoms with E-state index in [1.807, 2.05) is 27.7 Å². The lowest BCUT2D eigenvalue weighted by atomic mass is 9.94. The first-order chi connectivity index (χ1) is 13.8. The molecule has 1 aromatic heterocycles. The second-order valence-corrected chi connectivity index (χ2v) is 9.19. The highest BCUT2D eigenvalue weighted by molar-refractivity contribution is 7.15. The number of nitrogens with one attached hydrogen (secondary N) is 1. The average Bonchev–Trinajstić information content (AvgIpc) is 3.18. The number of rotatable bonds is 4. The van der Waals surface area contributed by atoms with Crippen molar-refractivity contribution in [2.24, 2.45) is 5.92 Å². The number of hydrogen-bond acceptors (Lipinski definition) is 5. The van der Waals surface area contributed by atoms with Crippen molar-refractivity contribution in [1.29, 1.82) is 0 Å². The molecule has 2 aliphatic heterocycles. The fourth-order valence-electron chi connectivity index (χ4n) is 4.12. The van der Waals surface area contributed by atoms with E-state index in [0.717, 1.165) is 10.6 Å². The number of amides is 3. The molecule has 0 aliphatic carbocycles. The molecule has 3 heterocycles. The van der Waals surface area contributed by atoms with Crippen LogP contribution in [0.25, 0.3) is 0 Å². The molecule has 1 atom stereocenters. The van der Waals surface area contributed by atoms with Crippen LogP contribution in [-0.4, -0.2) is 39.8 Å². The summed E-state index contributed by atoms with van der Waals surface area (Å²) in [7, 11) is 0. The number of anilines is 2. The number of benzene rings is 1. The third kappa shape index (κ3) is 2.93. The number of fused-ring (bicyclic) bond motifs is 3. The Balaban J connectivity index is 1.85. The molecule has 2 aromatic rings. The quantitative estimate of drug-likeness (QED) is 0.835. The molecule has 2 aliphatic rings. The van der Waals surface area contributed by atoms with Crippen LogP contribution in [0.2, 0.25) is 0 Å². The van der Waals surface area contributed by atoms with Crippen LogP contribution < -0.4 is 10.2 Å². The highest BCUT2D eigenvalue weighted by atomic mass is 32.1. The number of aryl methyl sites for hydroxylation is 2. The van der Waals surface area contributed by atoms with Gasteiger partial charge in [-0.15, -0.1) is 11.3 Å². The number of para-hydroxylation sites is 1. The van der Waals surface area contributed by atoms with Gasteiger partial charge >= 0.3 is 0 Å². The minimum absolute atomic E-state index is 0.135. The zero-order chi connectivity index (χ0) is 20.9. The van der Waals surface area contributed by atoms with Crippen LogP contribution in [0.4, 0.5) is 10.8 Å². The predicted octanol–water partition coefficient (Wildman–Crippen LogP) is 3.33. The third-order valence-electron chi connectivity index (χ3n) is 5.53. The van der Waals surface area contributed by atoms with Gasteiger partial charge in [-0.05, 0) is 31.9 Å². The van der Waals surface area contributed by atoms with Crippen molar-refractivity contribution >= 4 is 39.9 Å². The van der Waals surface area contributed by atoms with E-state index in [4.69, 9.17) is 0 Å². The minimum atomic E-state index is -1.37. The summed E-state index contributed by atoms with van der Waals surface area (Å²) in [4.78, 5) is 48.5. The van der Waals surface area contributed by atoms with E-state index in [2.05, 4.69) is 10.3 Å². The molecule has 7 nitrogen and oxygen atoms in total. The fraction of sp³-hybridized carbons (Fsp3) is 0.429. The van der Waals surface area contributed by atoms with Gasteiger partial charge in [-0.25, -0.2) is 4.98 Å². The van der Waals surface area contributed by atoms with E-state index < -0.39 is 5.66 Å². The van der Waals surface area contributed by atoms with E-state index in [1.165, 1.54) is 16.2 Å². The summed E-state index contributed by atoms with van der Waals surface area (Å²) in [6.45, 7) is 8.19. The lowest BCUT2D eigenvalue weighted by Crippen LogP contribution is -2.69. The molecule has 29 heavy (non-hydrogen) atoms. The summed E-state index contributed by atoms with van der Waals surface area (Å²) >= 11 is 1.39. The first kappa shape index (κ1) is 19.6. The number of thiazole rings is 1. The summed E-state index contributed by atoms with van der Waals surface area (Å²) in [6, 6.07) is 7.01. The van der Waals surface area contributed by atoms with Gasteiger partial charge in [0.05, 0.1) is 16.9 Å². The van der Waals surface area contributed by atoms with Gasteiger partial charge in [-0.2, -0.15) is 0 Å². The lowest BCUT2D eigenvalue weighted by molar-refractivity contribution is -0.129. The maximum Gasteiger partial charge on any atom is 0.273 e. The van der Waals surface area contributed by atoms with Crippen molar-refractivity contribution in [3.05, 3.63) is 40.4 Å². The van der Waals surface area contributed by atoms with Crippen LogP contribution >= 0.6 is 11.3 Å². The predicted molar refractivity (Wildman–Crippen MR) is 112 cm³/mol.